The molecule has 41 heavy (non-hydrogen) atoms. The van der Waals surface area contributed by atoms with Crippen molar-refractivity contribution in [3.05, 3.63) is 41.5 Å². The van der Waals surface area contributed by atoms with Gasteiger partial charge in [0.2, 0.25) is 10.0 Å². The maximum absolute atomic E-state index is 13.0. The maximum atomic E-state index is 13.0. The van der Waals surface area contributed by atoms with Gasteiger partial charge in [0.1, 0.15) is 21.9 Å². The molecule has 0 unspecified atom stereocenters. The summed E-state index contributed by atoms with van der Waals surface area (Å²) in [4.78, 5) is 18.3. The highest BCUT2D eigenvalue weighted by molar-refractivity contribution is 7.89. The number of fused-ring (bicyclic) bond motifs is 3. The zero-order chi connectivity index (χ0) is 30.5. The molecule has 1 aromatic carbocycles. The number of nitrogens with zero attached hydrogens (tertiary/aromatic N) is 5. The molecule has 4 aromatic rings. The predicted molar refractivity (Wildman–Crippen MR) is 144 cm³/mol. The van der Waals surface area contributed by atoms with Gasteiger partial charge in [-0.25, -0.2) is 27.5 Å². The topological polar surface area (TPSA) is 167 Å². The molecular weight excluding hydrogens is 569 g/mol. The Morgan fingerprint density at radius 3 is 2.44 bits per heavy atom. The summed E-state index contributed by atoms with van der Waals surface area (Å²) in [6.45, 7) is 4.82. The van der Waals surface area contributed by atoms with Crippen molar-refractivity contribution in [2.24, 2.45) is 0 Å². The van der Waals surface area contributed by atoms with Crippen LogP contribution in [0.15, 0.2) is 33.7 Å². The second-order valence-corrected chi connectivity index (χ2v) is 11.1. The number of methoxy groups -OCH3 is 1. The molecule has 0 saturated heterocycles. The van der Waals surface area contributed by atoms with E-state index in [1.54, 1.807) is 28.0 Å². The molecule has 0 aliphatic carbocycles. The van der Waals surface area contributed by atoms with E-state index in [-0.39, 0.29) is 4.90 Å². The number of imidazole rings is 1. The van der Waals surface area contributed by atoms with Gasteiger partial charge < -0.3 is 24.7 Å². The molecule has 4 rings (SSSR count). The minimum Gasteiger partial charge on any atom is -0.475 e. The zero-order valence-corrected chi connectivity index (χ0v) is 23.7. The van der Waals surface area contributed by atoms with Crippen LogP contribution < -0.4 is 5.73 Å². The molecule has 224 valence electrons. The zero-order valence-electron chi connectivity index (χ0n) is 22.9. The van der Waals surface area contributed by atoms with Gasteiger partial charge in [-0.1, -0.05) is 23.4 Å². The third kappa shape index (κ3) is 7.12. The largest absolute Gasteiger partial charge is 0.490 e. The number of halogens is 3. The molecule has 3 N–H and O–H groups in total. The average Bonchev–Trinajstić information content (AvgIpc) is 3.44. The van der Waals surface area contributed by atoms with Crippen LogP contribution in [0.5, 0.6) is 0 Å². The highest BCUT2D eigenvalue weighted by Crippen LogP contribution is 2.29. The van der Waals surface area contributed by atoms with E-state index in [9.17, 15) is 21.6 Å². The molecule has 0 fully saturated rings. The minimum absolute atomic E-state index is 0.145. The highest BCUT2D eigenvalue weighted by Gasteiger charge is 2.38. The lowest BCUT2D eigenvalue weighted by Gasteiger charge is -2.17. The van der Waals surface area contributed by atoms with E-state index >= 15 is 0 Å². The van der Waals surface area contributed by atoms with Crippen LogP contribution in [0.4, 0.5) is 19.0 Å². The van der Waals surface area contributed by atoms with Crippen molar-refractivity contribution in [1.29, 1.82) is 0 Å². The second-order valence-electron chi connectivity index (χ2n) is 9.12. The van der Waals surface area contributed by atoms with Crippen LogP contribution in [0.25, 0.3) is 21.9 Å². The third-order valence-electron chi connectivity index (χ3n) is 6.20. The van der Waals surface area contributed by atoms with Crippen LogP contribution >= 0.6 is 0 Å². The van der Waals surface area contributed by atoms with Crippen LogP contribution in [0.3, 0.4) is 0 Å². The van der Waals surface area contributed by atoms with Crippen molar-refractivity contribution in [3.63, 3.8) is 0 Å². The van der Waals surface area contributed by atoms with Gasteiger partial charge in [-0.2, -0.15) is 13.2 Å². The number of carboxylic acids is 1. The van der Waals surface area contributed by atoms with E-state index in [2.05, 4.69) is 14.7 Å². The SMILES string of the molecule is COCCc1nc2c(N)nc3ccccc3c2n1CCCCN(C)S(=O)(=O)c1c(C)noc1C.O=C(O)C(F)(F)F. The predicted octanol–water partition coefficient (Wildman–Crippen LogP) is 3.69. The Morgan fingerprint density at radius 1 is 1.20 bits per heavy atom. The minimum atomic E-state index is -5.08. The smallest absolute Gasteiger partial charge is 0.475 e. The number of ether oxygens (including phenoxy) is 1. The number of nitrogens with two attached hydrogens (primary N) is 1. The number of para-hydroxylation sites is 1. The van der Waals surface area contributed by atoms with Gasteiger partial charge in [0.25, 0.3) is 0 Å². The lowest BCUT2D eigenvalue weighted by atomic mass is 10.2. The van der Waals surface area contributed by atoms with Gasteiger partial charge in [0, 0.05) is 39.1 Å². The second kappa shape index (κ2) is 12.8. The summed E-state index contributed by atoms with van der Waals surface area (Å²) >= 11 is 0. The number of alkyl halides is 3. The average molecular weight is 601 g/mol. The fourth-order valence-corrected chi connectivity index (χ4v) is 5.75. The Balaban J connectivity index is 0.000000587. The molecule has 0 atom stereocenters. The van der Waals surface area contributed by atoms with Crippen molar-refractivity contribution >= 4 is 43.7 Å². The molecule has 0 aliphatic rings. The monoisotopic (exact) mass is 600 g/mol. The summed E-state index contributed by atoms with van der Waals surface area (Å²) in [5, 5.41) is 11.9. The lowest BCUT2D eigenvalue weighted by Crippen LogP contribution is -2.29. The standard InChI is InChI=1S/C23H30N6O4S.C2HF3O2/c1-15-22(16(2)33-27-15)34(30,31)28(3)12-7-8-13-29-19(11-14-32-4)26-20-21(29)17-9-5-6-10-18(17)25-23(20)24;3-2(4,5)1(6)7/h5-6,9-10H,7-8,11-14H2,1-4H3,(H2,24,25);(H,6,7). The van der Waals surface area contributed by atoms with Crippen LogP contribution in [0.1, 0.15) is 30.1 Å². The van der Waals surface area contributed by atoms with Crippen molar-refractivity contribution in [3.8, 4) is 0 Å². The van der Waals surface area contributed by atoms with Crippen molar-refractivity contribution in [1.82, 2.24) is 24.0 Å². The number of aromatic nitrogens is 4. The molecule has 3 aromatic heterocycles. The Morgan fingerprint density at radius 2 is 1.85 bits per heavy atom. The molecule has 0 radical (unpaired) electrons. The Bertz CT molecular complexity index is 1610. The number of hydrogen-bond acceptors (Lipinski definition) is 9. The molecule has 12 nitrogen and oxygen atoms in total. The van der Waals surface area contributed by atoms with E-state index in [4.69, 9.17) is 29.9 Å². The molecule has 0 bridgehead atoms. The van der Waals surface area contributed by atoms with E-state index in [0.29, 0.717) is 55.3 Å². The van der Waals surface area contributed by atoms with Crippen LogP contribution in [0.2, 0.25) is 0 Å². The molecule has 3 heterocycles. The van der Waals surface area contributed by atoms with E-state index in [1.807, 2.05) is 24.3 Å². The molecule has 0 amide bonds. The van der Waals surface area contributed by atoms with Crippen molar-refractivity contribution in [2.75, 3.05) is 33.0 Å². The first kappa shape index (κ1) is 31.8. The number of aryl methyl sites for hydroxylation is 3. The Hall–Kier alpha value is -3.76. The number of pyridine rings is 1. The molecule has 0 aliphatic heterocycles. The van der Waals surface area contributed by atoms with E-state index < -0.39 is 22.2 Å². The van der Waals surface area contributed by atoms with E-state index in [1.165, 1.54) is 4.31 Å². The van der Waals surface area contributed by atoms with Crippen molar-refractivity contribution in [2.45, 2.75) is 50.7 Å². The van der Waals surface area contributed by atoms with Gasteiger partial charge in [-0.15, -0.1) is 0 Å². The number of carboxylic acid groups (broad SMARTS) is 1. The van der Waals surface area contributed by atoms with Crippen LogP contribution in [0, 0.1) is 13.8 Å². The summed E-state index contributed by atoms with van der Waals surface area (Å²) < 4.78 is 71.5. The maximum Gasteiger partial charge on any atom is 0.490 e. The fraction of sp³-hybridized carbons (Fsp3) is 0.440. The third-order valence-corrected chi connectivity index (χ3v) is 8.30. The lowest BCUT2D eigenvalue weighted by molar-refractivity contribution is -0.192. The number of nitrogen functional groups attached to an aromatic ring is 1. The first-order chi connectivity index (χ1) is 19.2. The van der Waals surface area contributed by atoms with Gasteiger partial charge in [0.15, 0.2) is 11.6 Å². The summed E-state index contributed by atoms with van der Waals surface area (Å²) in [7, 11) is -0.423. The first-order valence-electron chi connectivity index (χ1n) is 12.4. The molecular formula is C25H31F3N6O6S. The normalized spacial score (nSPS) is 12.2. The number of carbonyl (C=O) groups is 1. The number of anilines is 1. The van der Waals surface area contributed by atoms with Crippen LogP contribution in [-0.2, 0) is 32.5 Å². The number of rotatable bonds is 10. The number of sulfonamides is 1. The number of hydrogen-bond donors (Lipinski definition) is 2. The van der Waals surface area contributed by atoms with Gasteiger partial charge in [0.05, 0.1) is 17.6 Å². The molecule has 16 heteroatoms. The Kier molecular flexibility index (Phi) is 9.94. The summed E-state index contributed by atoms with van der Waals surface area (Å²) in [5.74, 6) is -1.18. The summed E-state index contributed by atoms with van der Waals surface area (Å²) in [6, 6.07) is 7.86. The molecule has 0 spiro atoms. The number of benzene rings is 1. The van der Waals surface area contributed by atoms with Gasteiger partial charge in [-0.3, -0.25) is 0 Å². The first-order valence-corrected chi connectivity index (χ1v) is 13.9. The summed E-state index contributed by atoms with van der Waals surface area (Å²) in [6.07, 6.45) is -3.02. The summed E-state index contributed by atoms with van der Waals surface area (Å²) in [5.41, 5.74) is 9.06. The number of unbranched alkanes of at least 4 members (excludes halogenated alkanes) is 1. The Labute approximate surface area is 233 Å². The van der Waals surface area contributed by atoms with Gasteiger partial charge in [-0.05, 0) is 32.8 Å². The van der Waals surface area contributed by atoms with Gasteiger partial charge >= 0.3 is 12.1 Å². The van der Waals surface area contributed by atoms with E-state index in [0.717, 1.165) is 28.7 Å². The van der Waals surface area contributed by atoms with Crippen molar-refractivity contribution < 1.29 is 40.8 Å². The highest BCUT2D eigenvalue weighted by atomic mass is 32.2. The quantitative estimate of drug-likeness (QED) is 0.256. The van der Waals surface area contributed by atoms with Crippen LogP contribution in [-0.4, -0.2) is 77.0 Å². The number of aliphatic carboxylic acids is 1. The fourth-order valence-electron chi connectivity index (χ4n) is 4.25. The molecule has 0 saturated carbocycles.